The zero-order valence-corrected chi connectivity index (χ0v) is 11.0. The van der Waals surface area contributed by atoms with Gasteiger partial charge in [-0.05, 0) is 57.8 Å². The molecule has 0 heterocycles. The maximum Gasteiger partial charge on any atom is 0.120 e. The van der Waals surface area contributed by atoms with Gasteiger partial charge in [-0.1, -0.05) is 24.6 Å². The van der Waals surface area contributed by atoms with Gasteiger partial charge in [-0.3, -0.25) is 0 Å². The number of hydrogen-bond acceptors (Lipinski definition) is 2. The van der Waals surface area contributed by atoms with Crippen molar-refractivity contribution in [3.05, 3.63) is 29.8 Å². The van der Waals surface area contributed by atoms with Gasteiger partial charge in [0.2, 0.25) is 0 Å². The molecule has 0 unspecified atom stereocenters. The third-order valence-electron chi connectivity index (χ3n) is 3.63. The van der Waals surface area contributed by atoms with Crippen molar-refractivity contribution in [2.45, 2.75) is 45.1 Å². The highest BCUT2D eigenvalue weighted by atomic mass is 16.5. The second-order valence-corrected chi connectivity index (χ2v) is 5.06. The van der Waals surface area contributed by atoms with Gasteiger partial charge in [0.05, 0.1) is 0 Å². The average Bonchev–Trinajstić information content (AvgIpc) is 2.29. The lowest BCUT2D eigenvalue weighted by atomic mass is 9.77. The number of aryl methyl sites for hydroxylation is 1. The van der Waals surface area contributed by atoms with Gasteiger partial charge in [0.25, 0.3) is 0 Å². The molecular formula is C15H23NO. The van der Waals surface area contributed by atoms with E-state index < -0.39 is 0 Å². The molecule has 2 nitrogen and oxygen atoms in total. The Morgan fingerprint density at radius 3 is 2.47 bits per heavy atom. The quantitative estimate of drug-likeness (QED) is 0.761. The summed E-state index contributed by atoms with van der Waals surface area (Å²) in [6.07, 6.45) is 4.82. The highest BCUT2D eigenvalue weighted by Gasteiger charge is 2.38. The summed E-state index contributed by atoms with van der Waals surface area (Å²) >= 11 is 0. The topological polar surface area (TPSA) is 21.3 Å². The zero-order chi connectivity index (χ0) is 12.1. The Balaban J connectivity index is 1.92. The van der Waals surface area contributed by atoms with Gasteiger partial charge in [0.15, 0.2) is 0 Å². The summed E-state index contributed by atoms with van der Waals surface area (Å²) in [5.41, 5.74) is 1.39. The minimum Gasteiger partial charge on any atom is -0.487 e. The molecule has 0 aromatic heterocycles. The van der Waals surface area contributed by atoms with Crippen LogP contribution < -0.4 is 10.1 Å². The second-order valence-electron chi connectivity index (χ2n) is 5.06. The van der Waals surface area contributed by atoms with Crippen molar-refractivity contribution in [2.75, 3.05) is 13.1 Å². The predicted molar refractivity (Wildman–Crippen MR) is 71.5 cm³/mol. The Bertz CT molecular complexity index is 340. The lowest BCUT2D eigenvalue weighted by Crippen LogP contribution is -2.45. The van der Waals surface area contributed by atoms with Crippen molar-refractivity contribution in [1.82, 2.24) is 5.32 Å². The van der Waals surface area contributed by atoms with Crippen LogP contribution in [0.5, 0.6) is 5.75 Å². The fourth-order valence-corrected chi connectivity index (χ4v) is 2.32. The normalized spacial score (nSPS) is 17.5. The molecule has 0 atom stereocenters. The Labute approximate surface area is 104 Å². The maximum absolute atomic E-state index is 6.20. The maximum atomic E-state index is 6.20. The first kappa shape index (κ1) is 12.4. The van der Waals surface area contributed by atoms with E-state index in [1.54, 1.807) is 0 Å². The predicted octanol–water partition coefficient (Wildman–Crippen LogP) is 3.30. The molecule has 1 aromatic rings. The van der Waals surface area contributed by atoms with Gasteiger partial charge in [-0.25, -0.2) is 0 Å². The van der Waals surface area contributed by atoms with Crippen LogP contribution in [-0.2, 0) is 0 Å². The first-order valence-corrected chi connectivity index (χ1v) is 6.70. The molecule has 0 aliphatic heterocycles. The van der Waals surface area contributed by atoms with E-state index in [1.165, 1.54) is 24.8 Å². The second kappa shape index (κ2) is 5.54. The molecule has 0 amide bonds. The molecule has 0 spiro atoms. The molecule has 1 N–H and O–H groups in total. The molecule has 17 heavy (non-hydrogen) atoms. The van der Waals surface area contributed by atoms with Gasteiger partial charge in [-0.15, -0.1) is 0 Å². The number of rotatable bonds is 6. The molecule has 1 aliphatic carbocycles. The SMILES string of the molecule is CCNCCC1(Oc2ccc(C)cc2)CCC1. The molecule has 1 fully saturated rings. The van der Waals surface area contributed by atoms with Crippen molar-refractivity contribution < 1.29 is 4.74 Å². The first-order chi connectivity index (χ1) is 8.24. The minimum atomic E-state index is 0.109. The highest BCUT2D eigenvalue weighted by molar-refractivity contribution is 5.27. The fraction of sp³-hybridized carbons (Fsp3) is 0.600. The van der Waals surface area contributed by atoms with Crippen LogP contribution in [0.25, 0.3) is 0 Å². The summed E-state index contributed by atoms with van der Waals surface area (Å²) in [5, 5.41) is 3.39. The Morgan fingerprint density at radius 1 is 1.24 bits per heavy atom. The van der Waals surface area contributed by atoms with Crippen LogP contribution in [0.4, 0.5) is 0 Å². The van der Waals surface area contributed by atoms with E-state index in [4.69, 9.17) is 4.74 Å². The zero-order valence-electron chi connectivity index (χ0n) is 11.0. The summed E-state index contributed by atoms with van der Waals surface area (Å²) in [4.78, 5) is 0. The van der Waals surface area contributed by atoms with E-state index in [1.807, 2.05) is 0 Å². The van der Waals surface area contributed by atoms with Crippen LogP contribution in [0.1, 0.15) is 38.2 Å². The van der Waals surface area contributed by atoms with Crippen LogP contribution in [-0.4, -0.2) is 18.7 Å². The number of benzene rings is 1. The van der Waals surface area contributed by atoms with Crippen LogP contribution in [0.15, 0.2) is 24.3 Å². The van der Waals surface area contributed by atoms with Gasteiger partial charge in [-0.2, -0.15) is 0 Å². The molecular weight excluding hydrogens is 210 g/mol. The largest absolute Gasteiger partial charge is 0.487 e. The summed E-state index contributed by atoms with van der Waals surface area (Å²) in [6, 6.07) is 8.41. The van der Waals surface area contributed by atoms with Crippen molar-refractivity contribution in [1.29, 1.82) is 0 Å². The lowest BCUT2D eigenvalue weighted by molar-refractivity contribution is -0.0141. The average molecular weight is 233 g/mol. The van der Waals surface area contributed by atoms with Crippen LogP contribution in [0.2, 0.25) is 0 Å². The monoisotopic (exact) mass is 233 g/mol. The van der Waals surface area contributed by atoms with E-state index in [9.17, 15) is 0 Å². The molecule has 0 saturated heterocycles. The van der Waals surface area contributed by atoms with Crippen LogP contribution >= 0.6 is 0 Å². The number of hydrogen-bond donors (Lipinski definition) is 1. The third kappa shape index (κ3) is 3.22. The minimum absolute atomic E-state index is 0.109. The van der Waals surface area contributed by atoms with Gasteiger partial charge in [0, 0.05) is 0 Å². The molecule has 0 bridgehead atoms. The molecule has 0 radical (unpaired) electrons. The van der Waals surface area contributed by atoms with Gasteiger partial charge < -0.3 is 10.1 Å². The smallest absolute Gasteiger partial charge is 0.120 e. The fourth-order valence-electron chi connectivity index (χ4n) is 2.32. The van der Waals surface area contributed by atoms with Crippen molar-refractivity contribution in [3.63, 3.8) is 0 Å². The lowest BCUT2D eigenvalue weighted by Gasteiger charge is -2.42. The van der Waals surface area contributed by atoms with Crippen LogP contribution in [0.3, 0.4) is 0 Å². The van der Waals surface area contributed by atoms with E-state index in [2.05, 4.69) is 43.4 Å². The number of nitrogens with one attached hydrogen (secondary N) is 1. The Morgan fingerprint density at radius 2 is 1.94 bits per heavy atom. The molecule has 2 heteroatoms. The summed E-state index contributed by atoms with van der Waals surface area (Å²) in [6.45, 7) is 6.35. The highest BCUT2D eigenvalue weighted by Crippen LogP contribution is 2.39. The van der Waals surface area contributed by atoms with Crippen molar-refractivity contribution in [2.24, 2.45) is 0 Å². The molecule has 94 valence electrons. The van der Waals surface area contributed by atoms with E-state index >= 15 is 0 Å². The van der Waals surface area contributed by atoms with E-state index in [-0.39, 0.29) is 5.60 Å². The van der Waals surface area contributed by atoms with Crippen molar-refractivity contribution in [3.8, 4) is 5.75 Å². The first-order valence-electron chi connectivity index (χ1n) is 6.70. The summed E-state index contributed by atoms with van der Waals surface area (Å²) in [7, 11) is 0. The van der Waals surface area contributed by atoms with Gasteiger partial charge >= 0.3 is 0 Å². The Hall–Kier alpha value is -1.02. The molecule has 1 saturated carbocycles. The van der Waals surface area contributed by atoms with Gasteiger partial charge in [0.1, 0.15) is 11.4 Å². The standard InChI is InChI=1S/C15H23NO/c1-3-16-12-11-15(9-4-10-15)17-14-7-5-13(2)6-8-14/h5-8,16H,3-4,9-12H2,1-2H3. The molecule has 1 aliphatic rings. The van der Waals surface area contributed by atoms with E-state index in [0.717, 1.165) is 25.3 Å². The number of ether oxygens (including phenoxy) is 1. The Kier molecular flexibility index (Phi) is 4.06. The summed E-state index contributed by atoms with van der Waals surface area (Å²) < 4.78 is 6.20. The van der Waals surface area contributed by atoms with Crippen molar-refractivity contribution >= 4 is 0 Å². The summed E-state index contributed by atoms with van der Waals surface area (Å²) in [5.74, 6) is 1.02. The molecule has 2 rings (SSSR count). The van der Waals surface area contributed by atoms with E-state index in [0.29, 0.717) is 0 Å². The molecule has 1 aromatic carbocycles. The van der Waals surface area contributed by atoms with Crippen LogP contribution in [0, 0.1) is 6.92 Å². The third-order valence-corrected chi connectivity index (χ3v) is 3.63.